The van der Waals surface area contributed by atoms with Gasteiger partial charge in [-0.25, -0.2) is 0 Å². The van der Waals surface area contributed by atoms with E-state index in [0.717, 1.165) is 42.1 Å². The van der Waals surface area contributed by atoms with Gasteiger partial charge in [0.05, 0.1) is 19.8 Å². The molecule has 172 valence electrons. The molecule has 1 heterocycles. The van der Waals surface area contributed by atoms with Crippen LogP contribution in [0.1, 0.15) is 38.7 Å². The third-order valence-corrected chi connectivity index (χ3v) is 5.78. The first-order valence-electron chi connectivity index (χ1n) is 11.3. The Bertz CT molecular complexity index is 894. The smallest absolute Gasteiger partial charge is 0.246 e. The lowest BCUT2D eigenvalue weighted by Crippen LogP contribution is -2.41. The number of anilines is 3. The van der Waals surface area contributed by atoms with Gasteiger partial charge in [0, 0.05) is 30.2 Å². The molecule has 0 bridgehead atoms. The average molecular weight is 439 g/mol. The minimum Gasteiger partial charge on any atom is -0.379 e. The fourth-order valence-corrected chi connectivity index (χ4v) is 3.63. The van der Waals surface area contributed by atoms with Crippen LogP contribution in [0, 0.1) is 0 Å². The Morgan fingerprint density at radius 1 is 0.969 bits per heavy atom. The number of hydrogen-bond donors (Lipinski definition) is 3. The summed E-state index contributed by atoms with van der Waals surface area (Å²) in [5.74, 6) is 0.240. The molecular formula is C25H34N4O3. The second-order valence-electron chi connectivity index (χ2n) is 8.27. The number of amides is 2. The van der Waals surface area contributed by atoms with E-state index in [4.69, 9.17) is 4.74 Å². The Morgan fingerprint density at radius 2 is 1.62 bits per heavy atom. The molecule has 0 aliphatic carbocycles. The summed E-state index contributed by atoms with van der Waals surface area (Å²) >= 11 is 0. The van der Waals surface area contributed by atoms with Gasteiger partial charge >= 0.3 is 0 Å². The summed E-state index contributed by atoms with van der Waals surface area (Å²) in [6.07, 6.45) is 1.01. The number of rotatable bonds is 9. The molecular weight excluding hydrogens is 404 g/mol. The van der Waals surface area contributed by atoms with Gasteiger partial charge in [0.2, 0.25) is 11.8 Å². The third kappa shape index (κ3) is 6.80. The number of carbonyl (C=O) groups excluding carboxylic acids is 2. The van der Waals surface area contributed by atoms with Crippen molar-refractivity contribution in [3.63, 3.8) is 0 Å². The number of benzene rings is 2. The van der Waals surface area contributed by atoms with Crippen LogP contribution in [0.3, 0.4) is 0 Å². The molecule has 3 rings (SSSR count). The molecule has 32 heavy (non-hydrogen) atoms. The van der Waals surface area contributed by atoms with E-state index in [0.29, 0.717) is 25.7 Å². The Balaban J connectivity index is 1.51. The summed E-state index contributed by atoms with van der Waals surface area (Å²) in [5.41, 5.74) is 3.55. The molecule has 7 nitrogen and oxygen atoms in total. The lowest BCUT2D eigenvalue weighted by molar-refractivity contribution is -0.118. The van der Waals surface area contributed by atoms with Gasteiger partial charge in [-0.15, -0.1) is 0 Å². The van der Waals surface area contributed by atoms with Crippen molar-refractivity contribution in [1.82, 2.24) is 4.90 Å². The van der Waals surface area contributed by atoms with E-state index in [9.17, 15) is 9.59 Å². The fourth-order valence-electron chi connectivity index (χ4n) is 3.63. The third-order valence-electron chi connectivity index (χ3n) is 5.78. The molecule has 0 aromatic heterocycles. The van der Waals surface area contributed by atoms with Crippen LogP contribution in [0.15, 0.2) is 48.5 Å². The zero-order valence-electron chi connectivity index (χ0n) is 19.2. The summed E-state index contributed by atoms with van der Waals surface area (Å²) in [7, 11) is 0. The summed E-state index contributed by atoms with van der Waals surface area (Å²) in [4.78, 5) is 27.1. The molecule has 2 atom stereocenters. The summed E-state index contributed by atoms with van der Waals surface area (Å²) in [5, 5.41) is 9.19. The second-order valence-corrected chi connectivity index (χ2v) is 8.27. The van der Waals surface area contributed by atoms with Gasteiger partial charge in [-0.2, -0.15) is 0 Å². The minimum absolute atomic E-state index is 0.0414. The minimum atomic E-state index is -0.415. The molecule has 1 aliphatic rings. The van der Waals surface area contributed by atoms with Crippen molar-refractivity contribution in [3.8, 4) is 0 Å². The normalized spacial score (nSPS) is 16.1. The van der Waals surface area contributed by atoms with Gasteiger partial charge in [0.1, 0.15) is 6.04 Å². The van der Waals surface area contributed by atoms with Crippen LogP contribution in [-0.2, 0) is 14.3 Å². The molecule has 0 spiro atoms. The Labute approximate surface area is 190 Å². The number of ether oxygens (including phenoxy) is 1. The van der Waals surface area contributed by atoms with Crippen LogP contribution in [0.5, 0.6) is 0 Å². The van der Waals surface area contributed by atoms with Crippen molar-refractivity contribution in [2.45, 2.75) is 39.2 Å². The van der Waals surface area contributed by atoms with Crippen molar-refractivity contribution >= 4 is 28.9 Å². The van der Waals surface area contributed by atoms with Gasteiger partial charge in [-0.1, -0.05) is 32.0 Å². The van der Waals surface area contributed by atoms with Crippen LogP contribution in [0.4, 0.5) is 17.1 Å². The Kier molecular flexibility index (Phi) is 8.64. The molecule has 7 heteroatoms. The van der Waals surface area contributed by atoms with E-state index in [1.165, 1.54) is 0 Å². The van der Waals surface area contributed by atoms with E-state index in [1.54, 1.807) is 0 Å². The fraction of sp³-hybridized carbons (Fsp3) is 0.440. The highest BCUT2D eigenvalue weighted by molar-refractivity contribution is 5.97. The maximum Gasteiger partial charge on any atom is 0.246 e. The monoisotopic (exact) mass is 438 g/mol. The van der Waals surface area contributed by atoms with Crippen LogP contribution in [0.25, 0.3) is 0 Å². The summed E-state index contributed by atoms with van der Waals surface area (Å²) < 4.78 is 5.31. The highest BCUT2D eigenvalue weighted by Gasteiger charge is 2.17. The first kappa shape index (κ1) is 23.8. The maximum absolute atomic E-state index is 12.7. The van der Waals surface area contributed by atoms with Crippen molar-refractivity contribution < 1.29 is 14.3 Å². The molecule has 0 unspecified atom stereocenters. The summed E-state index contributed by atoms with van der Waals surface area (Å²) in [6.45, 7) is 9.38. The van der Waals surface area contributed by atoms with Crippen molar-refractivity contribution in [2.24, 2.45) is 0 Å². The van der Waals surface area contributed by atoms with Gasteiger partial charge in [0.15, 0.2) is 0 Å². The van der Waals surface area contributed by atoms with Gasteiger partial charge < -0.3 is 20.7 Å². The number of morpholine rings is 1. The van der Waals surface area contributed by atoms with E-state index in [2.05, 4.69) is 40.8 Å². The van der Waals surface area contributed by atoms with Crippen LogP contribution in [-0.4, -0.2) is 55.6 Å². The predicted octanol–water partition coefficient (Wildman–Crippen LogP) is 3.91. The zero-order chi connectivity index (χ0) is 22.9. The van der Waals surface area contributed by atoms with Crippen LogP contribution in [0.2, 0.25) is 0 Å². The number of nitrogens with zero attached hydrogens (tertiary/aromatic N) is 1. The van der Waals surface area contributed by atoms with Gasteiger partial charge in [0.25, 0.3) is 0 Å². The van der Waals surface area contributed by atoms with Gasteiger partial charge in [-0.05, 0) is 55.2 Å². The molecule has 2 amide bonds. The van der Waals surface area contributed by atoms with Crippen LogP contribution >= 0.6 is 0 Å². The molecule has 1 aliphatic heterocycles. The number of nitrogens with one attached hydrogen (secondary N) is 3. The summed E-state index contributed by atoms with van der Waals surface area (Å²) in [6, 6.07) is 14.9. The Morgan fingerprint density at radius 3 is 2.31 bits per heavy atom. The van der Waals surface area contributed by atoms with Crippen molar-refractivity contribution in [3.05, 3.63) is 54.1 Å². The van der Waals surface area contributed by atoms with E-state index < -0.39 is 6.04 Å². The lowest BCUT2D eigenvalue weighted by atomic mass is 9.97. The van der Waals surface area contributed by atoms with E-state index >= 15 is 0 Å². The highest BCUT2D eigenvalue weighted by Crippen LogP contribution is 2.26. The number of hydrogen-bond acceptors (Lipinski definition) is 5. The van der Waals surface area contributed by atoms with E-state index in [1.807, 2.05) is 49.4 Å². The highest BCUT2D eigenvalue weighted by atomic mass is 16.5. The number of para-hydroxylation sites is 1. The standard InChI is InChI=1S/C25H34N4O3/c1-4-18(2)22-7-5-6-8-23(22)28-25(31)19(3)26-20-9-11-21(12-10-20)27-24(30)17-29-13-15-32-16-14-29/h5-12,18-19,26H,4,13-17H2,1-3H3,(H,27,30)(H,28,31)/t18-,19+/m1/s1. The molecule has 1 fully saturated rings. The van der Waals surface area contributed by atoms with Crippen molar-refractivity contribution in [2.75, 3.05) is 48.8 Å². The first-order chi connectivity index (χ1) is 15.5. The number of carbonyl (C=O) groups is 2. The topological polar surface area (TPSA) is 82.7 Å². The molecule has 2 aromatic rings. The SMILES string of the molecule is CC[C@@H](C)c1ccccc1NC(=O)[C@H](C)Nc1ccc(NC(=O)CN2CCOCC2)cc1. The molecule has 3 N–H and O–H groups in total. The molecule has 1 saturated heterocycles. The largest absolute Gasteiger partial charge is 0.379 e. The quantitative estimate of drug-likeness (QED) is 0.553. The maximum atomic E-state index is 12.7. The first-order valence-corrected chi connectivity index (χ1v) is 11.3. The lowest BCUT2D eigenvalue weighted by Gasteiger charge is -2.25. The molecule has 0 saturated carbocycles. The molecule has 2 aromatic carbocycles. The average Bonchev–Trinajstić information content (AvgIpc) is 2.80. The Hall–Kier alpha value is -2.90. The molecule has 0 radical (unpaired) electrons. The predicted molar refractivity (Wildman–Crippen MR) is 129 cm³/mol. The van der Waals surface area contributed by atoms with E-state index in [-0.39, 0.29) is 11.8 Å². The van der Waals surface area contributed by atoms with Gasteiger partial charge in [-0.3, -0.25) is 14.5 Å². The zero-order valence-corrected chi connectivity index (χ0v) is 19.2. The second kappa shape index (κ2) is 11.6. The van der Waals surface area contributed by atoms with Crippen LogP contribution < -0.4 is 16.0 Å². The van der Waals surface area contributed by atoms with Crippen molar-refractivity contribution in [1.29, 1.82) is 0 Å².